The standard InChI is InChI=1S/C14H19ClN2O2S/c15-11-1-3-13(4-2-11)20-8-6-17-14(18)9-12-10-16-5-7-19-12/h1-4,12,16H,5-10H2,(H,17,18)/t12-/m0/s1. The molecule has 1 saturated heterocycles. The fourth-order valence-corrected chi connectivity index (χ4v) is 2.81. The van der Waals surface area contributed by atoms with E-state index in [4.69, 9.17) is 16.3 Å². The first-order valence-corrected chi connectivity index (χ1v) is 8.08. The zero-order chi connectivity index (χ0) is 14.2. The van der Waals surface area contributed by atoms with Gasteiger partial charge in [0.15, 0.2) is 0 Å². The van der Waals surface area contributed by atoms with Crippen molar-refractivity contribution in [2.24, 2.45) is 0 Å². The molecule has 0 radical (unpaired) electrons. The highest BCUT2D eigenvalue weighted by atomic mass is 35.5. The third-order valence-electron chi connectivity index (χ3n) is 2.92. The maximum atomic E-state index is 11.7. The first kappa shape index (κ1) is 15.6. The van der Waals surface area contributed by atoms with Gasteiger partial charge in [0.1, 0.15) is 0 Å². The topological polar surface area (TPSA) is 50.4 Å². The van der Waals surface area contributed by atoms with Gasteiger partial charge in [-0.3, -0.25) is 4.79 Å². The zero-order valence-electron chi connectivity index (χ0n) is 11.2. The average Bonchev–Trinajstić information content (AvgIpc) is 2.46. The second-order valence-corrected chi connectivity index (χ2v) is 6.16. The van der Waals surface area contributed by atoms with E-state index < -0.39 is 0 Å². The van der Waals surface area contributed by atoms with E-state index >= 15 is 0 Å². The Hall–Kier alpha value is -0.750. The Morgan fingerprint density at radius 2 is 2.25 bits per heavy atom. The van der Waals surface area contributed by atoms with Crippen LogP contribution in [0.2, 0.25) is 5.02 Å². The zero-order valence-corrected chi connectivity index (χ0v) is 12.8. The van der Waals surface area contributed by atoms with Crippen molar-refractivity contribution in [2.45, 2.75) is 17.4 Å². The summed E-state index contributed by atoms with van der Waals surface area (Å²) in [6.07, 6.45) is 0.436. The average molecular weight is 315 g/mol. The molecule has 6 heteroatoms. The van der Waals surface area contributed by atoms with Crippen molar-refractivity contribution < 1.29 is 9.53 Å². The number of thioether (sulfide) groups is 1. The van der Waals surface area contributed by atoms with Crippen molar-refractivity contribution >= 4 is 29.3 Å². The van der Waals surface area contributed by atoms with Crippen molar-refractivity contribution in [1.29, 1.82) is 0 Å². The summed E-state index contributed by atoms with van der Waals surface area (Å²) in [6, 6.07) is 7.71. The number of morpholine rings is 1. The molecule has 2 rings (SSSR count). The highest BCUT2D eigenvalue weighted by molar-refractivity contribution is 7.99. The lowest BCUT2D eigenvalue weighted by atomic mass is 10.2. The summed E-state index contributed by atoms with van der Waals surface area (Å²) in [4.78, 5) is 12.9. The van der Waals surface area contributed by atoms with Crippen LogP contribution in [0.3, 0.4) is 0 Å². The minimum absolute atomic E-state index is 0.00710. The maximum Gasteiger partial charge on any atom is 0.222 e. The van der Waals surface area contributed by atoms with Crippen LogP contribution in [-0.2, 0) is 9.53 Å². The smallest absolute Gasteiger partial charge is 0.222 e. The third kappa shape index (κ3) is 5.71. The first-order valence-electron chi connectivity index (χ1n) is 6.71. The Labute approximate surface area is 128 Å². The molecular weight excluding hydrogens is 296 g/mol. The van der Waals surface area contributed by atoms with Crippen molar-refractivity contribution in [2.75, 3.05) is 32.0 Å². The van der Waals surface area contributed by atoms with Crippen LogP contribution >= 0.6 is 23.4 Å². The van der Waals surface area contributed by atoms with E-state index in [-0.39, 0.29) is 12.0 Å². The van der Waals surface area contributed by atoms with Crippen molar-refractivity contribution in [3.8, 4) is 0 Å². The van der Waals surface area contributed by atoms with Crippen LogP contribution in [0.15, 0.2) is 29.2 Å². The summed E-state index contributed by atoms with van der Waals surface area (Å²) < 4.78 is 5.49. The van der Waals surface area contributed by atoms with Crippen LogP contribution in [0.1, 0.15) is 6.42 Å². The summed E-state index contributed by atoms with van der Waals surface area (Å²) in [5.74, 6) is 0.896. The molecule has 4 nitrogen and oxygen atoms in total. The number of halogens is 1. The molecule has 0 bridgehead atoms. The summed E-state index contributed by atoms with van der Waals surface area (Å²) >= 11 is 7.52. The number of hydrogen-bond acceptors (Lipinski definition) is 4. The molecule has 0 aliphatic carbocycles. The van der Waals surface area contributed by atoms with E-state index in [1.165, 1.54) is 0 Å². The molecule has 0 spiro atoms. The first-order chi connectivity index (χ1) is 9.74. The highest BCUT2D eigenvalue weighted by Gasteiger charge is 2.16. The monoisotopic (exact) mass is 314 g/mol. The van der Waals surface area contributed by atoms with Gasteiger partial charge in [0.05, 0.1) is 19.1 Å². The number of hydrogen-bond donors (Lipinski definition) is 2. The number of rotatable bonds is 6. The van der Waals surface area contributed by atoms with Gasteiger partial charge in [0, 0.05) is 35.3 Å². The minimum Gasteiger partial charge on any atom is -0.375 e. The lowest BCUT2D eigenvalue weighted by molar-refractivity contribution is -0.124. The van der Waals surface area contributed by atoms with Gasteiger partial charge in [-0.1, -0.05) is 11.6 Å². The number of carbonyl (C=O) groups is 1. The van der Waals surface area contributed by atoms with Gasteiger partial charge < -0.3 is 15.4 Å². The normalized spacial score (nSPS) is 18.8. The molecule has 20 heavy (non-hydrogen) atoms. The van der Waals surface area contributed by atoms with Gasteiger partial charge in [-0.2, -0.15) is 0 Å². The van der Waals surface area contributed by atoms with Gasteiger partial charge in [0.25, 0.3) is 0 Å². The van der Waals surface area contributed by atoms with Crippen LogP contribution < -0.4 is 10.6 Å². The largest absolute Gasteiger partial charge is 0.375 e. The molecule has 1 aliphatic heterocycles. The fourth-order valence-electron chi connectivity index (χ4n) is 1.92. The van der Waals surface area contributed by atoms with Gasteiger partial charge in [0.2, 0.25) is 5.91 Å². The number of ether oxygens (including phenoxy) is 1. The Balaban J connectivity index is 1.58. The maximum absolute atomic E-state index is 11.7. The van der Waals surface area contributed by atoms with Crippen LogP contribution in [0.4, 0.5) is 0 Å². The van der Waals surface area contributed by atoms with Crippen LogP contribution in [0.5, 0.6) is 0 Å². The fraction of sp³-hybridized carbons (Fsp3) is 0.500. The Kier molecular flexibility index (Phi) is 6.66. The lowest BCUT2D eigenvalue weighted by Crippen LogP contribution is -2.41. The molecule has 1 aromatic rings. The Bertz CT molecular complexity index is 422. The summed E-state index contributed by atoms with van der Waals surface area (Å²) in [7, 11) is 0. The van der Waals surface area contributed by atoms with E-state index in [0.717, 1.165) is 28.8 Å². The summed E-state index contributed by atoms with van der Waals surface area (Å²) in [5.41, 5.74) is 0. The molecule has 0 saturated carbocycles. The van der Waals surface area contributed by atoms with E-state index in [1.807, 2.05) is 24.3 Å². The number of benzene rings is 1. The van der Waals surface area contributed by atoms with E-state index in [2.05, 4.69) is 10.6 Å². The lowest BCUT2D eigenvalue weighted by Gasteiger charge is -2.23. The minimum atomic E-state index is 0.00710. The van der Waals surface area contributed by atoms with Gasteiger partial charge in [-0.25, -0.2) is 0 Å². The Morgan fingerprint density at radius 1 is 1.45 bits per heavy atom. The predicted molar refractivity (Wildman–Crippen MR) is 82.4 cm³/mol. The molecule has 1 aliphatic rings. The molecule has 0 aromatic heterocycles. The summed E-state index contributed by atoms with van der Waals surface area (Å²) in [5, 5.41) is 6.87. The highest BCUT2D eigenvalue weighted by Crippen LogP contribution is 2.19. The van der Waals surface area contributed by atoms with E-state index in [1.54, 1.807) is 11.8 Å². The molecule has 110 valence electrons. The van der Waals surface area contributed by atoms with Crippen molar-refractivity contribution in [3.05, 3.63) is 29.3 Å². The molecule has 1 amide bonds. The third-order valence-corrected chi connectivity index (χ3v) is 4.19. The van der Waals surface area contributed by atoms with Gasteiger partial charge in [-0.05, 0) is 24.3 Å². The van der Waals surface area contributed by atoms with Gasteiger partial charge in [-0.15, -0.1) is 11.8 Å². The molecule has 1 atom stereocenters. The molecule has 1 heterocycles. The van der Waals surface area contributed by atoms with Crippen molar-refractivity contribution in [3.63, 3.8) is 0 Å². The number of nitrogens with one attached hydrogen (secondary N) is 2. The Morgan fingerprint density at radius 3 is 2.95 bits per heavy atom. The molecule has 0 unspecified atom stereocenters. The van der Waals surface area contributed by atoms with Crippen molar-refractivity contribution in [1.82, 2.24) is 10.6 Å². The molecule has 2 N–H and O–H groups in total. The van der Waals surface area contributed by atoms with E-state index in [0.29, 0.717) is 19.6 Å². The second-order valence-electron chi connectivity index (χ2n) is 4.55. The van der Waals surface area contributed by atoms with Gasteiger partial charge >= 0.3 is 0 Å². The predicted octanol–water partition coefficient (Wildman–Crippen LogP) is 1.93. The molecule has 1 fully saturated rings. The van der Waals surface area contributed by atoms with Crippen LogP contribution in [0, 0.1) is 0 Å². The van der Waals surface area contributed by atoms with Crippen LogP contribution in [-0.4, -0.2) is 44.0 Å². The molecule has 1 aromatic carbocycles. The molecular formula is C14H19ClN2O2S. The quantitative estimate of drug-likeness (QED) is 0.622. The number of carbonyl (C=O) groups excluding carboxylic acids is 1. The second kappa shape index (κ2) is 8.52. The summed E-state index contributed by atoms with van der Waals surface area (Å²) in [6.45, 7) is 2.97. The van der Waals surface area contributed by atoms with Crippen LogP contribution in [0.25, 0.3) is 0 Å². The number of amides is 1. The SMILES string of the molecule is O=C(C[C@H]1CNCCO1)NCCSc1ccc(Cl)cc1. The van der Waals surface area contributed by atoms with E-state index in [9.17, 15) is 4.79 Å².